The van der Waals surface area contributed by atoms with Gasteiger partial charge in [0.1, 0.15) is 0 Å². The van der Waals surface area contributed by atoms with E-state index in [1.165, 1.54) is 76.8 Å². The number of rotatable bonds is 5. The zero-order chi connectivity index (χ0) is 34.8. The van der Waals surface area contributed by atoms with Crippen LogP contribution < -0.4 is 4.90 Å². The molecule has 9 aromatic rings. The Morgan fingerprint density at radius 1 is 0.346 bits per heavy atom. The van der Waals surface area contributed by atoms with Crippen molar-refractivity contribution in [3.8, 4) is 33.4 Å². The van der Waals surface area contributed by atoms with Crippen LogP contribution in [0, 0.1) is 0 Å². The van der Waals surface area contributed by atoms with E-state index >= 15 is 0 Å². The van der Waals surface area contributed by atoms with E-state index in [1.807, 2.05) is 0 Å². The molecule has 0 atom stereocenters. The first-order valence-corrected chi connectivity index (χ1v) is 18.2. The standard InChI is InChI=1S/C51H37N/c1-51(2)44-33-32-37-20-8-11-25-40(37)48(44)42-27-14-28-43(50(42)51)49-41(36-16-4-3-5-17-36)26-15-31-47(49)52(45-29-12-21-34-18-6-9-23-38(34)45)46-30-13-22-35-19-7-10-24-39(35)46/h3-33H,1-2H3. The third-order valence-corrected chi connectivity index (χ3v) is 11.2. The van der Waals surface area contributed by atoms with Crippen molar-refractivity contribution in [1.29, 1.82) is 0 Å². The van der Waals surface area contributed by atoms with Crippen molar-refractivity contribution in [3.63, 3.8) is 0 Å². The van der Waals surface area contributed by atoms with E-state index in [4.69, 9.17) is 0 Å². The van der Waals surface area contributed by atoms with Crippen LogP contribution in [0.1, 0.15) is 25.0 Å². The van der Waals surface area contributed by atoms with Gasteiger partial charge in [-0.25, -0.2) is 0 Å². The molecular weight excluding hydrogens is 627 g/mol. The number of hydrogen-bond acceptors (Lipinski definition) is 1. The maximum atomic E-state index is 2.52. The molecular formula is C51H37N. The van der Waals surface area contributed by atoms with Gasteiger partial charge in [0.15, 0.2) is 0 Å². The number of anilines is 3. The Morgan fingerprint density at radius 2 is 0.808 bits per heavy atom. The van der Waals surface area contributed by atoms with Gasteiger partial charge in [0.05, 0.1) is 17.1 Å². The number of benzene rings is 9. The molecule has 0 radical (unpaired) electrons. The average molecular weight is 664 g/mol. The van der Waals surface area contributed by atoms with Crippen LogP contribution in [-0.2, 0) is 5.41 Å². The van der Waals surface area contributed by atoms with Gasteiger partial charge in [-0.2, -0.15) is 0 Å². The molecule has 52 heavy (non-hydrogen) atoms. The summed E-state index contributed by atoms with van der Waals surface area (Å²) >= 11 is 0. The number of nitrogens with zero attached hydrogens (tertiary/aromatic N) is 1. The van der Waals surface area contributed by atoms with E-state index < -0.39 is 0 Å². The number of fused-ring (bicyclic) bond motifs is 7. The van der Waals surface area contributed by atoms with E-state index in [0.29, 0.717) is 0 Å². The molecule has 0 bridgehead atoms. The van der Waals surface area contributed by atoms with Gasteiger partial charge in [0.25, 0.3) is 0 Å². The molecule has 0 saturated heterocycles. The summed E-state index contributed by atoms with van der Waals surface area (Å²) in [6.07, 6.45) is 0. The predicted octanol–water partition coefficient (Wildman–Crippen LogP) is 14.3. The van der Waals surface area contributed by atoms with E-state index in [2.05, 4.69) is 207 Å². The molecule has 9 aromatic carbocycles. The summed E-state index contributed by atoms with van der Waals surface area (Å²) in [6.45, 7) is 4.82. The zero-order valence-corrected chi connectivity index (χ0v) is 29.3. The lowest BCUT2D eigenvalue weighted by Gasteiger charge is -2.33. The van der Waals surface area contributed by atoms with Gasteiger partial charge < -0.3 is 4.90 Å². The maximum absolute atomic E-state index is 2.52. The van der Waals surface area contributed by atoms with Crippen LogP contribution in [0.3, 0.4) is 0 Å². The first-order chi connectivity index (χ1) is 25.6. The van der Waals surface area contributed by atoms with Crippen LogP contribution in [-0.4, -0.2) is 0 Å². The topological polar surface area (TPSA) is 3.24 Å². The van der Waals surface area contributed by atoms with E-state index in [0.717, 1.165) is 17.1 Å². The second-order valence-electron chi connectivity index (χ2n) is 14.5. The van der Waals surface area contributed by atoms with Crippen molar-refractivity contribution in [1.82, 2.24) is 0 Å². The summed E-state index contributed by atoms with van der Waals surface area (Å²) in [4.78, 5) is 2.52. The highest BCUT2D eigenvalue weighted by Crippen LogP contribution is 2.57. The molecule has 0 aromatic heterocycles. The summed E-state index contributed by atoms with van der Waals surface area (Å²) in [6, 6.07) is 69.2. The molecule has 1 aliphatic carbocycles. The lowest BCUT2D eigenvalue weighted by molar-refractivity contribution is 0.662. The monoisotopic (exact) mass is 663 g/mol. The highest BCUT2D eigenvalue weighted by Gasteiger charge is 2.39. The first kappa shape index (κ1) is 30.4. The third kappa shape index (κ3) is 4.56. The Labute approximate surface area is 305 Å². The molecule has 10 rings (SSSR count). The highest BCUT2D eigenvalue weighted by molar-refractivity contribution is 6.10. The van der Waals surface area contributed by atoms with Crippen LogP contribution in [0.25, 0.3) is 65.7 Å². The van der Waals surface area contributed by atoms with Gasteiger partial charge in [-0.15, -0.1) is 0 Å². The minimum absolute atomic E-state index is 0.226. The van der Waals surface area contributed by atoms with Crippen molar-refractivity contribution in [2.45, 2.75) is 19.3 Å². The second kappa shape index (κ2) is 11.8. The van der Waals surface area contributed by atoms with Crippen LogP contribution in [0.2, 0.25) is 0 Å². The predicted molar refractivity (Wildman–Crippen MR) is 222 cm³/mol. The molecule has 0 fully saturated rings. The van der Waals surface area contributed by atoms with E-state index in [9.17, 15) is 0 Å². The SMILES string of the molecule is CC1(C)c2ccc3ccccc3c2-c2cccc(-c3c(-c4ccccc4)cccc3N(c3cccc4ccccc34)c3cccc4ccccc34)c21. The molecule has 0 heterocycles. The molecule has 0 aliphatic heterocycles. The van der Waals surface area contributed by atoms with Gasteiger partial charge in [-0.05, 0) is 78.7 Å². The molecule has 0 N–H and O–H groups in total. The third-order valence-electron chi connectivity index (χ3n) is 11.2. The molecule has 0 amide bonds. The van der Waals surface area contributed by atoms with Crippen LogP contribution >= 0.6 is 0 Å². The fourth-order valence-corrected chi connectivity index (χ4v) is 8.92. The average Bonchev–Trinajstić information content (AvgIpc) is 3.45. The van der Waals surface area contributed by atoms with Gasteiger partial charge in [-0.1, -0.05) is 184 Å². The Morgan fingerprint density at radius 3 is 1.46 bits per heavy atom. The van der Waals surface area contributed by atoms with Crippen molar-refractivity contribution < 1.29 is 0 Å². The van der Waals surface area contributed by atoms with Crippen molar-refractivity contribution in [3.05, 3.63) is 199 Å². The quantitative estimate of drug-likeness (QED) is 0.177. The Hall–Kier alpha value is -6.44. The van der Waals surface area contributed by atoms with Gasteiger partial charge in [0.2, 0.25) is 0 Å². The minimum atomic E-state index is -0.226. The van der Waals surface area contributed by atoms with Gasteiger partial charge >= 0.3 is 0 Å². The van der Waals surface area contributed by atoms with E-state index in [-0.39, 0.29) is 5.41 Å². The molecule has 1 aliphatic rings. The fourth-order valence-electron chi connectivity index (χ4n) is 8.92. The molecule has 246 valence electrons. The molecule has 0 unspecified atom stereocenters. The first-order valence-electron chi connectivity index (χ1n) is 18.2. The summed E-state index contributed by atoms with van der Waals surface area (Å²) in [5.74, 6) is 0. The summed E-state index contributed by atoms with van der Waals surface area (Å²) in [5.41, 5.74) is 13.6. The summed E-state index contributed by atoms with van der Waals surface area (Å²) in [5, 5.41) is 7.45. The second-order valence-corrected chi connectivity index (χ2v) is 14.5. The Kier molecular flexibility index (Phi) is 6.91. The van der Waals surface area contributed by atoms with Crippen molar-refractivity contribution >= 4 is 49.4 Å². The molecule has 1 heteroatoms. The fraction of sp³-hybridized carbons (Fsp3) is 0.0588. The molecule has 0 saturated carbocycles. The van der Waals surface area contributed by atoms with Gasteiger partial charge in [-0.3, -0.25) is 0 Å². The Bertz CT molecular complexity index is 2740. The van der Waals surface area contributed by atoms with Gasteiger partial charge in [0, 0.05) is 21.8 Å². The largest absolute Gasteiger partial charge is 0.309 e. The molecule has 0 spiro atoms. The highest BCUT2D eigenvalue weighted by atomic mass is 15.1. The van der Waals surface area contributed by atoms with Crippen LogP contribution in [0.4, 0.5) is 17.1 Å². The normalized spacial score (nSPS) is 13.0. The maximum Gasteiger partial charge on any atom is 0.0546 e. The lowest BCUT2D eigenvalue weighted by atomic mass is 9.77. The summed E-state index contributed by atoms with van der Waals surface area (Å²) < 4.78 is 0. The summed E-state index contributed by atoms with van der Waals surface area (Å²) in [7, 11) is 0. The Balaban J connectivity index is 1.35. The van der Waals surface area contributed by atoms with Crippen LogP contribution in [0.5, 0.6) is 0 Å². The van der Waals surface area contributed by atoms with Crippen LogP contribution in [0.15, 0.2) is 188 Å². The zero-order valence-electron chi connectivity index (χ0n) is 29.3. The lowest BCUT2D eigenvalue weighted by Crippen LogP contribution is -2.17. The number of hydrogen-bond donors (Lipinski definition) is 0. The molecule has 1 nitrogen and oxygen atoms in total. The minimum Gasteiger partial charge on any atom is -0.309 e. The smallest absolute Gasteiger partial charge is 0.0546 e. The van der Waals surface area contributed by atoms with Crippen molar-refractivity contribution in [2.75, 3.05) is 4.90 Å². The van der Waals surface area contributed by atoms with Crippen molar-refractivity contribution in [2.24, 2.45) is 0 Å². The van der Waals surface area contributed by atoms with E-state index in [1.54, 1.807) is 0 Å².